The van der Waals surface area contributed by atoms with Gasteiger partial charge < -0.3 is 4.74 Å². The van der Waals surface area contributed by atoms with Crippen molar-refractivity contribution in [1.29, 1.82) is 0 Å². The van der Waals surface area contributed by atoms with Crippen LogP contribution in [0.25, 0.3) is 0 Å². The lowest BCUT2D eigenvalue weighted by Gasteiger charge is -2.08. The highest BCUT2D eigenvalue weighted by molar-refractivity contribution is 4.45. The molecular weight excluding hydrogens is 196 g/mol. The van der Waals surface area contributed by atoms with E-state index < -0.39 is 0 Å². The molecule has 0 aromatic carbocycles. The number of hydrogen-bond donors (Lipinski definition) is 0. The number of ether oxygens (including phenoxy) is 1. The minimum atomic E-state index is 1.00. The molecule has 0 saturated carbocycles. The SMILES string of the molecule is C1CCOCC1.CCCCCCCCCC. The summed E-state index contributed by atoms with van der Waals surface area (Å²) in [4.78, 5) is 0. The van der Waals surface area contributed by atoms with Gasteiger partial charge in [-0.25, -0.2) is 0 Å². The van der Waals surface area contributed by atoms with Gasteiger partial charge >= 0.3 is 0 Å². The van der Waals surface area contributed by atoms with Gasteiger partial charge in [-0.1, -0.05) is 65.2 Å². The van der Waals surface area contributed by atoms with Crippen LogP contribution in [0, 0.1) is 0 Å². The minimum absolute atomic E-state index is 1.00. The zero-order valence-electron chi connectivity index (χ0n) is 11.6. The first-order valence-electron chi connectivity index (χ1n) is 7.49. The van der Waals surface area contributed by atoms with E-state index in [1.165, 1.54) is 70.6 Å². The van der Waals surface area contributed by atoms with E-state index >= 15 is 0 Å². The highest BCUT2D eigenvalue weighted by atomic mass is 16.5. The van der Waals surface area contributed by atoms with Gasteiger partial charge in [-0.05, 0) is 19.3 Å². The van der Waals surface area contributed by atoms with Gasteiger partial charge in [0, 0.05) is 13.2 Å². The molecule has 16 heavy (non-hydrogen) atoms. The van der Waals surface area contributed by atoms with E-state index in [1.54, 1.807) is 0 Å². The van der Waals surface area contributed by atoms with Crippen molar-refractivity contribution in [2.75, 3.05) is 13.2 Å². The lowest BCUT2D eigenvalue weighted by Crippen LogP contribution is -2.03. The second kappa shape index (κ2) is 15.0. The van der Waals surface area contributed by atoms with E-state index in [2.05, 4.69) is 13.8 Å². The van der Waals surface area contributed by atoms with Gasteiger partial charge in [0.2, 0.25) is 0 Å². The summed E-state index contributed by atoms with van der Waals surface area (Å²) in [5, 5.41) is 0. The molecule has 98 valence electrons. The van der Waals surface area contributed by atoms with Gasteiger partial charge in [-0.3, -0.25) is 0 Å². The van der Waals surface area contributed by atoms with Gasteiger partial charge in [-0.15, -0.1) is 0 Å². The van der Waals surface area contributed by atoms with Gasteiger partial charge in [0.25, 0.3) is 0 Å². The summed E-state index contributed by atoms with van der Waals surface area (Å²) >= 11 is 0. The van der Waals surface area contributed by atoms with Crippen molar-refractivity contribution >= 4 is 0 Å². The van der Waals surface area contributed by atoms with E-state index in [9.17, 15) is 0 Å². The Morgan fingerprint density at radius 1 is 0.625 bits per heavy atom. The minimum Gasteiger partial charge on any atom is -0.381 e. The quantitative estimate of drug-likeness (QED) is 0.535. The zero-order chi connectivity index (χ0) is 11.9. The number of rotatable bonds is 7. The van der Waals surface area contributed by atoms with Crippen LogP contribution in [0.15, 0.2) is 0 Å². The molecule has 1 rings (SSSR count). The van der Waals surface area contributed by atoms with Crippen LogP contribution in [0.1, 0.15) is 84.5 Å². The fourth-order valence-corrected chi connectivity index (χ4v) is 1.89. The molecule has 1 fully saturated rings. The molecule has 0 atom stereocenters. The smallest absolute Gasteiger partial charge is 0.0466 e. The van der Waals surface area contributed by atoms with E-state index in [0.717, 1.165) is 13.2 Å². The van der Waals surface area contributed by atoms with Crippen LogP contribution >= 0.6 is 0 Å². The number of hydrogen-bond acceptors (Lipinski definition) is 1. The largest absolute Gasteiger partial charge is 0.381 e. The molecule has 0 aliphatic carbocycles. The zero-order valence-corrected chi connectivity index (χ0v) is 11.6. The second-order valence-corrected chi connectivity index (χ2v) is 4.79. The predicted octanol–water partition coefficient (Wildman–Crippen LogP) is 5.33. The van der Waals surface area contributed by atoms with Gasteiger partial charge in [-0.2, -0.15) is 0 Å². The maximum absolute atomic E-state index is 5.07. The molecule has 0 aromatic heterocycles. The summed E-state index contributed by atoms with van der Waals surface area (Å²) in [6, 6.07) is 0. The van der Waals surface area contributed by atoms with Gasteiger partial charge in [0.05, 0.1) is 0 Å². The topological polar surface area (TPSA) is 9.23 Å². The van der Waals surface area contributed by atoms with Crippen molar-refractivity contribution in [2.24, 2.45) is 0 Å². The third-order valence-corrected chi connectivity index (χ3v) is 3.03. The Labute approximate surface area is 103 Å². The Kier molecular flexibility index (Phi) is 14.9. The summed E-state index contributed by atoms with van der Waals surface area (Å²) in [6.45, 7) is 6.54. The molecule has 0 radical (unpaired) electrons. The molecule has 0 bridgehead atoms. The lowest BCUT2D eigenvalue weighted by molar-refractivity contribution is 0.0968. The molecule has 1 nitrogen and oxygen atoms in total. The molecule has 1 saturated heterocycles. The van der Waals surface area contributed by atoms with Crippen molar-refractivity contribution in [3.63, 3.8) is 0 Å². The van der Waals surface area contributed by atoms with Crippen molar-refractivity contribution in [2.45, 2.75) is 84.5 Å². The van der Waals surface area contributed by atoms with Crippen LogP contribution < -0.4 is 0 Å². The van der Waals surface area contributed by atoms with Gasteiger partial charge in [0.15, 0.2) is 0 Å². The Hall–Kier alpha value is -0.0400. The summed E-state index contributed by atoms with van der Waals surface area (Å²) in [5.74, 6) is 0. The van der Waals surface area contributed by atoms with Crippen LogP contribution in [0.2, 0.25) is 0 Å². The van der Waals surface area contributed by atoms with Crippen molar-refractivity contribution in [3.05, 3.63) is 0 Å². The van der Waals surface area contributed by atoms with Crippen LogP contribution in [-0.2, 0) is 4.74 Å². The van der Waals surface area contributed by atoms with Crippen LogP contribution in [0.5, 0.6) is 0 Å². The molecule has 0 spiro atoms. The Balaban J connectivity index is 0.000000315. The van der Waals surface area contributed by atoms with Crippen molar-refractivity contribution in [3.8, 4) is 0 Å². The van der Waals surface area contributed by atoms with E-state index in [4.69, 9.17) is 4.74 Å². The summed E-state index contributed by atoms with van der Waals surface area (Å²) in [5.41, 5.74) is 0. The average molecular weight is 228 g/mol. The molecule has 1 aliphatic rings. The van der Waals surface area contributed by atoms with Crippen LogP contribution in [-0.4, -0.2) is 13.2 Å². The highest BCUT2D eigenvalue weighted by Gasteiger charge is 1.95. The molecule has 0 N–H and O–H groups in total. The van der Waals surface area contributed by atoms with Gasteiger partial charge in [0.1, 0.15) is 0 Å². The maximum Gasteiger partial charge on any atom is 0.0466 e. The maximum atomic E-state index is 5.07. The predicted molar refractivity (Wildman–Crippen MR) is 73.0 cm³/mol. The first-order valence-corrected chi connectivity index (χ1v) is 7.49. The van der Waals surface area contributed by atoms with Crippen molar-refractivity contribution < 1.29 is 4.74 Å². The molecule has 0 aromatic rings. The standard InChI is InChI=1S/C10H22.C5H10O/c1-3-5-7-9-10-8-6-4-2;1-2-4-6-5-3-1/h3-10H2,1-2H3;1-5H2. The molecule has 0 amide bonds. The highest BCUT2D eigenvalue weighted by Crippen LogP contribution is 2.07. The fraction of sp³-hybridized carbons (Fsp3) is 1.00. The summed E-state index contributed by atoms with van der Waals surface area (Å²) < 4.78 is 5.07. The second-order valence-electron chi connectivity index (χ2n) is 4.79. The van der Waals surface area contributed by atoms with E-state index in [-0.39, 0.29) is 0 Å². The van der Waals surface area contributed by atoms with Crippen molar-refractivity contribution in [1.82, 2.24) is 0 Å². The Morgan fingerprint density at radius 2 is 1.06 bits per heavy atom. The van der Waals surface area contributed by atoms with E-state index in [1.807, 2.05) is 0 Å². The average Bonchev–Trinajstić information content (AvgIpc) is 2.37. The first-order chi connectivity index (χ1) is 7.91. The normalized spacial score (nSPS) is 15.4. The Bertz CT molecular complexity index is 88.5. The Morgan fingerprint density at radius 3 is 1.31 bits per heavy atom. The third kappa shape index (κ3) is 14.0. The number of unbranched alkanes of at least 4 members (excludes halogenated alkanes) is 7. The fourth-order valence-electron chi connectivity index (χ4n) is 1.89. The summed E-state index contributed by atoms with van der Waals surface area (Å²) in [6.07, 6.45) is 15.4. The molecule has 1 heterocycles. The van der Waals surface area contributed by atoms with Crippen LogP contribution in [0.3, 0.4) is 0 Å². The molecule has 1 aliphatic heterocycles. The molecular formula is C15H32O. The third-order valence-electron chi connectivity index (χ3n) is 3.03. The molecule has 1 heteroatoms. The summed E-state index contributed by atoms with van der Waals surface area (Å²) in [7, 11) is 0. The molecule has 0 unspecified atom stereocenters. The first kappa shape index (κ1) is 16.0. The lowest BCUT2D eigenvalue weighted by atomic mass is 10.1. The van der Waals surface area contributed by atoms with Crippen LogP contribution in [0.4, 0.5) is 0 Å². The van der Waals surface area contributed by atoms with E-state index in [0.29, 0.717) is 0 Å². The monoisotopic (exact) mass is 228 g/mol.